The maximum absolute atomic E-state index is 13.0. The van der Waals surface area contributed by atoms with Gasteiger partial charge in [-0.2, -0.15) is 0 Å². The fourth-order valence-electron chi connectivity index (χ4n) is 4.17. The summed E-state index contributed by atoms with van der Waals surface area (Å²) >= 11 is 0. The Kier molecular flexibility index (Phi) is 5.90. The molecule has 1 amide bonds. The number of sulfonamides is 1. The van der Waals surface area contributed by atoms with Gasteiger partial charge in [0.1, 0.15) is 4.90 Å². The van der Waals surface area contributed by atoms with Gasteiger partial charge in [-0.25, -0.2) is 8.42 Å². The van der Waals surface area contributed by atoms with Gasteiger partial charge in [0.2, 0.25) is 0 Å². The van der Waals surface area contributed by atoms with E-state index in [0.29, 0.717) is 29.9 Å². The van der Waals surface area contributed by atoms with E-state index in [1.165, 1.54) is 6.07 Å². The number of anilines is 2. The van der Waals surface area contributed by atoms with Crippen LogP contribution in [0.2, 0.25) is 0 Å². The van der Waals surface area contributed by atoms with Crippen molar-refractivity contribution in [3.05, 3.63) is 96.7 Å². The molecule has 8 heteroatoms. The molecule has 0 radical (unpaired) electrons. The molecule has 5 rings (SSSR count). The maximum Gasteiger partial charge on any atom is 0.264 e. The van der Waals surface area contributed by atoms with Crippen LogP contribution in [0.5, 0.6) is 0 Å². The standard InChI is InChI=1S/C26H24N4O3S/c31-26(30-18-16-29(17-19-30)23-8-2-1-3-9-23)21-11-13-22(14-12-21)28-34(32,33)24-10-4-6-20-7-5-15-27-25(20)24/h1-15,28H,16-19H2. The molecule has 1 saturated heterocycles. The summed E-state index contributed by atoms with van der Waals surface area (Å²) in [5.74, 6) is -0.0552. The highest BCUT2D eigenvalue weighted by atomic mass is 32.2. The number of hydrogen-bond acceptors (Lipinski definition) is 5. The van der Waals surface area contributed by atoms with Crippen LogP contribution in [0.15, 0.2) is 96.0 Å². The fourth-order valence-corrected chi connectivity index (χ4v) is 5.41. The molecule has 1 fully saturated rings. The lowest BCUT2D eigenvalue weighted by atomic mass is 10.1. The second kappa shape index (κ2) is 9.15. The Hall–Kier alpha value is -3.91. The van der Waals surface area contributed by atoms with Crippen LogP contribution in [0.4, 0.5) is 11.4 Å². The molecule has 0 bridgehead atoms. The van der Waals surface area contributed by atoms with Gasteiger partial charge in [-0.05, 0) is 48.5 Å². The summed E-state index contributed by atoms with van der Waals surface area (Å²) in [4.78, 5) is 21.4. The van der Waals surface area contributed by atoms with Gasteiger partial charge < -0.3 is 9.80 Å². The number of carbonyl (C=O) groups is 1. The molecule has 4 aromatic rings. The third-order valence-electron chi connectivity index (χ3n) is 5.96. The van der Waals surface area contributed by atoms with Crippen LogP contribution in [0.25, 0.3) is 10.9 Å². The Morgan fingerprint density at radius 2 is 1.50 bits per heavy atom. The predicted molar refractivity (Wildman–Crippen MR) is 134 cm³/mol. The van der Waals surface area contributed by atoms with Gasteiger partial charge in [-0.1, -0.05) is 36.4 Å². The Bertz CT molecular complexity index is 1410. The van der Waals surface area contributed by atoms with Crippen molar-refractivity contribution in [3.63, 3.8) is 0 Å². The molecular weight excluding hydrogens is 448 g/mol. The molecule has 1 aliphatic rings. The van der Waals surface area contributed by atoms with Crippen LogP contribution < -0.4 is 9.62 Å². The average molecular weight is 473 g/mol. The van der Waals surface area contributed by atoms with Crippen LogP contribution in [0.1, 0.15) is 10.4 Å². The number of pyridine rings is 1. The van der Waals surface area contributed by atoms with E-state index in [2.05, 4.69) is 26.7 Å². The molecule has 7 nitrogen and oxygen atoms in total. The summed E-state index contributed by atoms with van der Waals surface area (Å²) in [6.07, 6.45) is 1.57. The van der Waals surface area contributed by atoms with E-state index >= 15 is 0 Å². The second-order valence-electron chi connectivity index (χ2n) is 8.13. The van der Waals surface area contributed by atoms with Gasteiger partial charge in [-0.3, -0.25) is 14.5 Å². The number of piperazine rings is 1. The second-order valence-corrected chi connectivity index (χ2v) is 9.78. The molecular formula is C26H24N4O3S. The van der Waals surface area contributed by atoms with E-state index in [9.17, 15) is 13.2 Å². The van der Waals surface area contributed by atoms with Crippen molar-refractivity contribution >= 4 is 38.2 Å². The number of rotatable bonds is 5. The number of carbonyl (C=O) groups excluding carboxylic acids is 1. The van der Waals surface area contributed by atoms with Crippen LogP contribution in [-0.4, -0.2) is 50.4 Å². The van der Waals surface area contributed by atoms with Crippen LogP contribution in [0.3, 0.4) is 0 Å². The number of aromatic nitrogens is 1. The molecule has 0 atom stereocenters. The molecule has 1 N–H and O–H groups in total. The summed E-state index contributed by atoms with van der Waals surface area (Å²) in [6, 6.07) is 25.3. The van der Waals surface area contributed by atoms with Crippen LogP contribution in [-0.2, 0) is 10.0 Å². The minimum absolute atomic E-state index is 0.0552. The molecule has 2 heterocycles. The molecule has 1 aromatic heterocycles. The maximum atomic E-state index is 13.0. The molecule has 3 aromatic carbocycles. The first-order valence-electron chi connectivity index (χ1n) is 11.1. The molecule has 0 unspecified atom stereocenters. The normalized spacial score (nSPS) is 14.2. The molecule has 0 aliphatic carbocycles. The highest BCUT2D eigenvalue weighted by molar-refractivity contribution is 7.93. The van der Waals surface area contributed by atoms with Gasteiger partial charge in [0.05, 0.1) is 5.52 Å². The first kappa shape index (κ1) is 21.9. The minimum atomic E-state index is -3.84. The summed E-state index contributed by atoms with van der Waals surface area (Å²) < 4.78 is 28.6. The van der Waals surface area contributed by atoms with E-state index in [0.717, 1.165) is 24.2 Å². The highest BCUT2D eigenvalue weighted by Gasteiger charge is 2.23. The van der Waals surface area contributed by atoms with Crippen molar-refractivity contribution in [3.8, 4) is 0 Å². The number of amides is 1. The number of fused-ring (bicyclic) bond motifs is 1. The Labute approximate surface area is 198 Å². The topological polar surface area (TPSA) is 82.6 Å². The number of nitrogens with zero attached hydrogens (tertiary/aromatic N) is 3. The third-order valence-corrected chi connectivity index (χ3v) is 7.37. The van der Waals surface area contributed by atoms with E-state index in [4.69, 9.17) is 0 Å². The van der Waals surface area contributed by atoms with Gasteiger partial charge in [0.25, 0.3) is 15.9 Å². The number of para-hydroxylation sites is 2. The summed E-state index contributed by atoms with van der Waals surface area (Å²) in [7, 11) is -3.84. The summed E-state index contributed by atoms with van der Waals surface area (Å²) in [5.41, 5.74) is 2.49. The average Bonchev–Trinajstić information content (AvgIpc) is 2.89. The Morgan fingerprint density at radius 3 is 2.24 bits per heavy atom. The van der Waals surface area contributed by atoms with Gasteiger partial charge in [0.15, 0.2) is 0 Å². The summed E-state index contributed by atoms with van der Waals surface area (Å²) in [6.45, 7) is 2.81. The zero-order chi connectivity index (χ0) is 23.5. The van der Waals surface area contributed by atoms with Crippen LogP contribution >= 0.6 is 0 Å². The molecule has 34 heavy (non-hydrogen) atoms. The number of benzene rings is 3. The highest BCUT2D eigenvalue weighted by Crippen LogP contribution is 2.24. The lowest BCUT2D eigenvalue weighted by Gasteiger charge is -2.36. The Balaban J connectivity index is 1.26. The van der Waals surface area contributed by atoms with E-state index in [1.54, 1.807) is 42.6 Å². The van der Waals surface area contributed by atoms with Crippen molar-refractivity contribution in [2.75, 3.05) is 35.8 Å². The van der Waals surface area contributed by atoms with Gasteiger partial charge in [-0.15, -0.1) is 0 Å². The smallest absolute Gasteiger partial charge is 0.264 e. The minimum Gasteiger partial charge on any atom is -0.368 e. The zero-order valence-corrected chi connectivity index (χ0v) is 19.3. The van der Waals surface area contributed by atoms with Gasteiger partial charge >= 0.3 is 0 Å². The van der Waals surface area contributed by atoms with Crippen molar-refractivity contribution < 1.29 is 13.2 Å². The zero-order valence-electron chi connectivity index (χ0n) is 18.5. The van der Waals surface area contributed by atoms with E-state index in [-0.39, 0.29) is 10.8 Å². The Morgan fingerprint density at radius 1 is 0.794 bits per heavy atom. The molecule has 1 aliphatic heterocycles. The van der Waals surface area contributed by atoms with Gasteiger partial charge in [0, 0.05) is 54.7 Å². The third kappa shape index (κ3) is 4.45. The SMILES string of the molecule is O=C(c1ccc(NS(=O)(=O)c2cccc3cccnc23)cc1)N1CCN(c2ccccc2)CC1. The largest absolute Gasteiger partial charge is 0.368 e. The van der Waals surface area contributed by atoms with Crippen LogP contribution in [0, 0.1) is 0 Å². The van der Waals surface area contributed by atoms with E-state index in [1.807, 2.05) is 35.2 Å². The predicted octanol–water partition coefficient (Wildman–Crippen LogP) is 4.00. The lowest BCUT2D eigenvalue weighted by Crippen LogP contribution is -2.48. The molecule has 172 valence electrons. The van der Waals surface area contributed by atoms with Crippen molar-refractivity contribution in [1.82, 2.24) is 9.88 Å². The van der Waals surface area contributed by atoms with E-state index < -0.39 is 10.0 Å². The first-order valence-corrected chi connectivity index (χ1v) is 12.6. The summed E-state index contributed by atoms with van der Waals surface area (Å²) in [5, 5.41) is 0.749. The number of hydrogen-bond donors (Lipinski definition) is 1. The van der Waals surface area contributed by atoms with Crippen molar-refractivity contribution in [2.45, 2.75) is 4.90 Å². The van der Waals surface area contributed by atoms with Crippen molar-refractivity contribution in [2.24, 2.45) is 0 Å². The molecule has 0 saturated carbocycles. The number of nitrogens with one attached hydrogen (secondary N) is 1. The quantitative estimate of drug-likeness (QED) is 0.475. The fraction of sp³-hybridized carbons (Fsp3) is 0.154. The first-order chi connectivity index (χ1) is 16.5. The van der Waals surface area contributed by atoms with Crippen molar-refractivity contribution in [1.29, 1.82) is 0 Å². The molecule has 0 spiro atoms. The lowest BCUT2D eigenvalue weighted by molar-refractivity contribution is 0.0747. The monoisotopic (exact) mass is 472 g/mol.